The number of halogens is 3. The molecule has 0 aliphatic carbocycles. The number of aromatic nitrogens is 1. The van der Waals surface area contributed by atoms with Crippen molar-refractivity contribution in [2.75, 3.05) is 0 Å². The van der Waals surface area contributed by atoms with E-state index in [4.69, 9.17) is 0 Å². The molecule has 88 valence electrons. The van der Waals surface area contributed by atoms with E-state index >= 15 is 0 Å². The SMILES string of the molecule is C[C@H](NC(=O)C(F)(F)F)C(=O)c1ccc[nH]1. The summed E-state index contributed by atoms with van der Waals surface area (Å²) in [5.41, 5.74) is 0.148. The summed E-state index contributed by atoms with van der Waals surface area (Å²) in [5.74, 6) is -2.73. The highest BCUT2D eigenvalue weighted by molar-refractivity contribution is 6.00. The second kappa shape index (κ2) is 4.38. The fraction of sp³-hybridized carbons (Fsp3) is 0.333. The van der Waals surface area contributed by atoms with Crippen molar-refractivity contribution < 1.29 is 22.8 Å². The lowest BCUT2D eigenvalue weighted by atomic mass is 10.1. The van der Waals surface area contributed by atoms with Gasteiger partial charge in [0, 0.05) is 6.20 Å². The van der Waals surface area contributed by atoms with Gasteiger partial charge in [-0.3, -0.25) is 9.59 Å². The van der Waals surface area contributed by atoms with Crippen LogP contribution in [0.1, 0.15) is 17.4 Å². The van der Waals surface area contributed by atoms with Crippen molar-refractivity contribution in [2.24, 2.45) is 0 Å². The highest BCUT2D eigenvalue weighted by Gasteiger charge is 2.40. The van der Waals surface area contributed by atoms with Crippen LogP contribution in [0.15, 0.2) is 18.3 Å². The van der Waals surface area contributed by atoms with E-state index in [1.54, 1.807) is 5.32 Å². The molecule has 7 heteroatoms. The van der Waals surface area contributed by atoms with Gasteiger partial charge in [0.2, 0.25) is 5.78 Å². The van der Waals surface area contributed by atoms with Crippen molar-refractivity contribution >= 4 is 11.7 Å². The van der Waals surface area contributed by atoms with Crippen LogP contribution >= 0.6 is 0 Å². The molecule has 0 radical (unpaired) electrons. The van der Waals surface area contributed by atoms with Gasteiger partial charge in [0.25, 0.3) is 0 Å². The lowest BCUT2D eigenvalue weighted by Gasteiger charge is -2.13. The first-order valence-corrected chi connectivity index (χ1v) is 4.37. The number of rotatable bonds is 3. The molecule has 0 saturated carbocycles. The molecule has 0 aliphatic rings. The number of H-pyrrole nitrogens is 1. The third kappa shape index (κ3) is 2.85. The third-order valence-electron chi connectivity index (χ3n) is 1.86. The lowest BCUT2D eigenvalue weighted by Crippen LogP contribution is -2.45. The average molecular weight is 234 g/mol. The molecule has 1 amide bonds. The molecule has 0 aromatic carbocycles. The summed E-state index contributed by atoms with van der Waals surface area (Å²) in [6.07, 6.45) is -3.52. The largest absolute Gasteiger partial charge is 0.471 e. The predicted molar refractivity (Wildman–Crippen MR) is 48.8 cm³/mol. The molecule has 0 aliphatic heterocycles. The minimum atomic E-state index is -4.98. The molecule has 0 spiro atoms. The average Bonchev–Trinajstić information content (AvgIpc) is 2.67. The van der Waals surface area contributed by atoms with Crippen LogP contribution in [0.2, 0.25) is 0 Å². The Morgan fingerprint density at radius 3 is 2.50 bits per heavy atom. The summed E-state index contributed by atoms with van der Waals surface area (Å²) >= 11 is 0. The van der Waals surface area contributed by atoms with E-state index in [0.717, 1.165) is 0 Å². The van der Waals surface area contributed by atoms with Crippen LogP contribution in [0.25, 0.3) is 0 Å². The standard InChI is InChI=1S/C9H9F3N2O2/c1-5(14-8(16)9(10,11)12)7(15)6-3-2-4-13-6/h2-5,13H,1H3,(H,14,16)/t5-/m0/s1. The van der Waals surface area contributed by atoms with Crippen molar-refractivity contribution in [2.45, 2.75) is 19.1 Å². The van der Waals surface area contributed by atoms with Crippen LogP contribution in [0.3, 0.4) is 0 Å². The van der Waals surface area contributed by atoms with Gasteiger partial charge >= 0.3 is 12.1 Å². The Kier molecular flexibility index (Phi) is 3.36. The number of carbonyl (C=O) groups is 2. The first kappa shape index (κ1) is 12.3. The fourth-order valence-corrected chi connectivity index (χ4v) is 1.06. The van der Waals surface area contributed by atoms with Gasteiger partial charge in [-0.05, 0) is 19.1 Å². The molecule has 2 N–H and O–H groups in total. The number of alkyl halides is 3. The molecule has 4 nitrogen and oxygen atoms in total. The van der Waals surface area contributed by atoms with Crippen LogP contribution in [0.4, 0.5) is 13.2 Å². The van der Waals surface area contributed by atoms with Crippen molar-refractivity contribution in [3.63, 3.8) is 0 Å². The van der Waals surface area contributed by atoms with Gasteiger partial charge in [0.1, 0.15) is 0 Å². The van der Waals surface area contributed by atoms with Gasteiger partial charge in [-0.25, -0.2) is 0 Å². The Balaban J connectivity index is 2.63. The number of amides is 1. The zero-order valence-corrected chi connectivity index (χ0v) is 8.26. The van der Waals surface area contributed by atoms with E-state index in [2.05, 4.69) is 4.98 Å². The van der Waals surface area contributed by atoms with Gasteiger partial charge in [-0.1, -0.05) is 0 Å². The molecule has 1 heterocycles. The van der Waals surface area contributed by atoms with Crippen molar-refractivity contribution in [1.82, 2.24) is 10.3 Å². The molecule has 16 heavy (non-hydrogen) atoms. The predicted octanol–water partition coefficient (Wildman–Crippen LogP) is 1.26. The molecule has 0 bridgehead atoms. The second-order valence-corrected chi connectivity index (χ2v) is 3.14. The normalized spacial score (nSPS) is 13.2. The monoisotopic (exact) mass is 234 g/mol. The number of nitrogens with one attached hydrogen (secondary N) is 2. The quantitative estimate of drug-likeness (QED) is 0.773. The van der Waals surface area contributed by atoms with E-state index in [1.165, 1.54) is 25.3 Å². The van der Waals surface area contributed by atoms with Crippen molar-refractivity contribution in [3.8, 4) is 0 Å². The van der Waals surface area contributed by atoms with Crippen LogP contribution in [-0.2, 0) is 4.79 Å². The first-order chi connectivity index (χ1) is 7.32. The van der Waals surface area contributed by atoms with Gasteiger partial charge in [-0.15, -0.1) is 0 Å². The van der Waals surface area contributed by atoms with Gasteiger partial charge in [-0.2, -0.15) is 13.2 Å². The smallest absolute Gasteiger partial charge is 0.359 e. The molecule has 0 fully saturated rings. The Labute approximate surface area is 88.8 Å². The summed E-state index contributed by atoms with van der Waals surface area (Å²) in [4.78, 5) is 24.6. The molecule has 1 rings (SSSR count). The maximum atomic E-state index is 11.9. The molecular weight excluding hydrogens is 225 g/mol. The fourth-order valence-electron chi connectivity index (χ4n) is 1.06. The Morgan fingerprint density at radius 2 is 2.06 bits per heavy atom. The van der Waals surface area contributed by atoms with Gasteiger partial charge in [0.05, 0.1) is 11.7 Å². The number of aromatic amines is 1. The molecule has 0 saturated heterocycles. The first-order valence-electron chi connectivity index (χ1n) is 4.37. The number of ketones is 1. The van der Waals surface area contributed by atoms with E-state index in [-0.39, 0.29) is 5.69 Å². The Hall–Kier alpha value is -1.79. The number of hydrogen-bond acceptors (Lipinski definition) is 2. The zero-order valence-electron chi connectivity index (χ0n) is 8.26. The third-order valence-corrected chi connectivity index (χ3v) is 1.86. The number of Topliss-reactive ketones (excluding diaryl/α,β-unsaturated/α-hetero) is 1. The number of carbonyl (C=O) groups excluding carboxylic acids is 2. The molecule has 1 atom stereocenters. The Bertz CT molecular complexity index is 384. The van der Waals surface area contributed by atoms with Crippen molar-refractivity contribution in [3.05, 3.63) is 24.0 Å². The highest BCUT2D eigenvalue weighted by atomic mass is 19.4. The van der Waals surface area contributed by atoms with Crippen molar-refractivity contribution in [1.29, 1.82) is 0 Å². The maximum absolute atomic E-state index is 11.9. The van der Waals surface area contributed by atoms with Crippen LogP contribution in [-0.4, -0.2) is 28.9 Å². The summed E-state index contributed by atoms with van der Waals surface area (Å²) in [5, 5.41) is 1.57. The van der Waals surface area contributed by atoms with Gasteiger partial charge < -0.3 is 10.3 Å². The topological polar surface area (TPSA) is 62.0 Å². The van der Waals surface area contributed by atoms with E-state index in [1.807, 2.05) is 0 Å². The Morgan fingerprint density at radius 1 is 1.44 bits per heavy atom. The lowest BCUT2D eigenvalue weighted by molar-refractivity contribution is -0.173. The molecular formula is C9H9F3N2O2. The highest BCUT2D eigenvalue weighted by Crippen LogP contribution is 2.14. The summed E-state index contributed by atoms with van der Waals surface area (Å²) < 4.78 is 35.7. The summed E-state index contributed by atoms with van der Waals surface area (Å²) in [6.45, 7) is 1.19. The molecule has 1 aromatic heterocycles. The summed E-state index contributed by atoms with van der Waals surface area (Å²) in [6, 6.07) is 1.72. The molecule has 1 aromatic rings. The maximum Gasteiger partial charge on any atom is 0.471 e. The zero-order chi connectivity index (χ0) is 12.3. The van der Waals surface area contributed by atoms with Crippen LogP contribution in [0.5, 0.6) is 0 Å². The number of hydrogen-bond donors (Lipinski definition) is 2. The minimum Gasteiger partial charge on any atom is -0.359 e. The summed E-state index contributed by atoms with van der Waals surface area (Å²) in [7, 11) is 0. The van der Waals surface area contributed by atoms with E-state index < -0.39 is 23.9 Å². The van der Waals surface area contributed by atoms with E-state index in [9.17, 15) is 22.8 Å². The van der Waals surface area contributed by atoms with Gasteiger partial charge in [0.15, 0.2) is 0 Å². The van der Waals surface area contributed by atoms with Crippen LogP contribution in [0, 0.1) is 0 Å². The van der Waals surface area contributed by atoms with Crippen LogP contribution < -0.4 is 5.32 Å². The minimum absolute atomic E-state index is 0.148. The van der Waals surface area contributed by atoms with E-state index in [0.29, 0.717) is 0 Å². The molecule has 0 unspecified atom stereocenters. The second-order valence-electron chi connectivity index (χ2n) is 3.14.